The van der Waals surface area contributed by atoms with E-state index in [-0.39, 0.29) is 68.8 Å². The molecule has 544 valence electrons. The van der Waals surface area contributed by atoms with E-state index in [0.717, 1.165) is 44.0 Å². The van der Waals surface area contributed by atoms with Gasteiger partial charge in [0.15, 0.2) is 0 Å². The summed E-state index contributed by atoms with van der Waals surface area (Å²) < 4.78 is 49.3. The van der Waals surface area contributed by atoms with Crippen LogP contribution in [0.25, 0.3) is 0 Å². The molecule has 0 fully saturated rings. The Hall–Kier alpha value is -8.68. The minimum atomic E-state index is -0.352. The highest BCUT2D eigenvalue weighted by Crippen LogP contribution is 2.36. The van der Waals surface area contributed by atoms with Crippen LogP contribution in [0.15, 0.2) is 127 Å². The summed E-state index contributed by atoms with van der Waals surface area (Å²) in [5.74, 6) is 3.50. The molecule has 0 aliphatic carbocycles. The van der Waals surface area contributed by atoms with Crippen molar-refractivity contribution in [1.29, 1.82) is 0 Å². The highest BCUT2D eigenvalue weighted by Gasteiger charge is 2.21. The summed E-state index contributed by atoms with van der Waals surface area (Å²) in [6.07, 6.45) is 5.84. The van der Waals surface area contributed by atoms with Gasteiger partial charge in [-0.2, -0.15) is 5.06 Å². The van der Waals surface area contributed by atoms with Crippen molar-refractivity contribution in [2.75, 3.05) is 76.5 Å². The first-order chi connectivity index (χ1) is 46.3. The highest BCUT2D eigenvalue weighted by molar-refractivity contribution is 7.09. The van der Waals surface area contributed by atoms with E-state index in [1.54, 1.807) is 84.3 Å². The zero-order valence-corrected chi connectivity index (χ0v) is 60.2. The SMILES string of the molecule is CNC(=O)CCCOc1cc(C)c(CN(O)C(=O)CCc2ccccc2)c(OC)c1.CNC(=O)CCCOc1cc(C)c(CN(OP)C(=O)CCc2ccccc2)c(OC)c1.CNC(=O)CCCOc1cc(OC)c(CN(C)OP)c(OC)c1.O.O.O=C(CCc1ccccc1)NO.[3HH].[3HH]. The summed E-state index contributed by atoms with van der Waals surface area (Å²) in [4.78, 5) is 69.4. The summed E-state index contributed by atoms with van der Waals surface area (Å²) in [7, 11) is 17.3. The molecule has 6 aromatic carbocycles. The van der Waals surface area contributed by atoms with Crippen LogP contribution >= 0.6 is 18.9 Å². The molecule has 28 heteroatoms. The average molecular weight is 1410 g/mol. The fourth-order valence-corrected chi connectivity index (χ4v) is 9.38. The average Bonchev–Trinajstić information content (AvgIpc) is 0.840. The Balaban J connectivity index is 0. The maximum absolute atomic E-state index is 12.7. The molecule has 0 saturated carbocycles. The fraction of sp³-hybridized carbons (Fsp3) is 0.400. The van der Waals surface area contributed by atoms with Gasteiger partial charge in [0, 0.05) is 124 Å². The molecule has 0 heterocycles. The Bertz CT molecular complexity index is 3280. The van der Waals surface area contributed by atoms with E-state index < -0.39 is 0 Å². The monoisotopic (exact) mass is 1410 g/mol. The lowest BCUT2D eigenvalue weighted by Crippen LogP contribution is -2.28. The van der Waals surface area contributed by atoms with Gasteiger partial charge in [0.25, 0.3) is 0 Å². The standard InChI is InChI=1S/C23H31N2O5P.C23H30N2O5.C15H25N2O5P.C9H11NO2.2H2O.2H2/c1-17-14-19(29-13-7-10-22(26)24-2)15-21(28-3)20(17)16-25(30-31)23(27)12-11-18-8-5-4-6-9-18;1-17-14-19(30-13-7-10-22(26)24-2)15-21(29-3)20(17)16-25(28)23(27)12-11-18-8-5-4-6-9-18;1-16-15(18)6-5-7-21-11-8-13(19-3)12(10-17(2)22-23)14(9-11)20-4;11-9(10-12)7-6-8-4-2-1-3-5-8;;;;/h4-6,8-9,14-15H,7,10-13,16,31H2,1-3H3,(H,24,26);4-6,8-9,14-15,28H,7,10-13,16H2,1-3H3,(H,24,26);8-9H,5-7,10,23H2,1-4H3,(H,16,18);1-5,12H,6-7H2,(H,10,11);2*1H2;2*1H/i;;;;;;2*1+2. The van der Waals surface area contributed by atoms with E-state index in [4.69, 9.17) is 47.6 Å². The van der Waals surface area contributed by atoms with Crippen molar-refractivity contribution < 1.29 is 95.4 Å². The minimum absolute atomic E-state index is 0. The van der Waals surface area contributed by atoms with Crippen LogP contribution in [0.5, 0.6) is 40.2 Å². The summed E-state index contributed by atoms with van der Waals surface area (Å²) in [5.41, 5.74) is 9.02. The maximum atomic E-state index is 12.7. The molecule has 2 unspecified atom stereocenters. The minimum Gasteiger partial charge on any atom is -0.496 e. The smallest absolute Gasteiger partial charge is 0.247 e. The number of nitrogens with one attached hydrogen (secondary N) is 4. The summed E-state index contributed by atoms with van der Waals surface area (Å²) in [5, 5.41) is 29.9. The molecule has 0 aromatic heterocycles. The first-order valence-electron chi connectivity index (χ1n) is 31.2. The van der Waals surface area contributed by atoms with Gasteiger partial charge >= 0.3 is 0 Å². The Morgan fingerprint density at radius 1 is 0.449 bits per heavy atom. The highest BCUT2D eigenvalue weighted by atomic mass is 31.0. The van der Waals surface area contributed by atoms with Gasteiger partial charge in [0.05, 0.1) is 73.5 Å². The van der Waals surface area contributed by atoms with Crippen LogP contribution in [0.2, 0.25) is 0 Å². The van der Waals surface area contributed by atoms with Gasteiger partial charge in [-0.1, -0.05) is 91.0 Å². The summed E-state index contributed by atoms with van der Waals surface area (Å²) >= 11 is 0. The van der Waals surface area contributed by atoms with Crippen molar-refractivity contribution in [3.05, 3.63) is 172 Å². The maximum Gasteiger partial charge on any atom is 0.247 e. The lowest BCUT2D eigenvalue weighted by Gasteiger charge is -2.22. The molecule has 98 heavy (non-hydrogen) atoms. The van der Waals surface area contributed by atoms with Crippen LogP contribution < -0.4 is 54.6 Å². The number of hydrogen-bond acceptors (Lipinski definition) is 18. The third-order valence-electron chi connectivity index (χ3n) is 14.5. The van der Waals surface area contributed by atoms with Gasteiger partial charge in [-0.15, -0.1) is 0 Å². The van der Waals surface area contributed by atoms with E-state index in [0.29, 0.717) is 143 Å². The molecule has 0 aliphatic rings. The van der Waals surface area contributed by atoms with Crippen LogP contribution in [0.4, 0.5) is 0 Å². The number of carbonyl (C=O) groups is 6. The van der Waals surface area contributed by atoms with Crippen LogP contribution in [-0.2, 0) is 76.9 Å². The third kappa shape index (κ3) is 33.5. The van der Waals surface area contributed by atoms with Crippen LogP contribution in [0.1, 0.15) is 105 Å². The van der Waals surface area contributed by atoms with Gasteiger partial charge in [-0.25, -0.2) is 15.6 Å². The normalized spacial score (nSPS) is 10.1. The largest absolute Gasteiger partial charge is 0.496 e. The van der Waals surface area contributed by atoms with Gasteiger partial charge < -0.3 is 60.1 Å². The molecule has 0 spiro atoms. The first-order valence-corrected chi connectivity index (χ1v) is 32.1. The molecular weight excluding hydrogens is 1300 g/mol. The van der Waals surface area contributed by atoms with E-state index in [1.165, 1.54) is 12.2 Å². The molecule has 0 saturated heterocycles. The van der Waals surface area contributed by atoms with Gasteiger partial charge in [-0.3, -0.25) is 48.4 Å². The van der Waals surface area contributed by atoms with E-state index >= 15 is 0 Å². The number of nitrogens with zero attached hydrogens (tertiary/aromatic N) is 3. The lowest BCUT2D eigenvalue weighted by atomic mass is 10.1. The molecule has 2 atom stereocenters. The molecule has 6 aromatic rings. The number of benzene rings is 6. The number of hydrogen-bond donors (Lipinski definition) is 6. The second-order valence-electron chi connectivity index (χ2n) is 21.4. The second-order valence-corrected chi connectivity index (χ2v) is 21.8. The van der Waals surface area contributed by atoms with Crippen molar-refractivity contribution in [1.82, 2.24) is 36.6 Å². The molecule has 26 nitrogen and oxygen atoms in total. The van der Waals surface area contributed by atoms with E-state index in [1.807, 2.05) is 117 Å². The van der Waals surface area contributed by atoms with Crippen molar-refractivity contribution >= 4 is 54.4 Å². The second kappa shape index (κ2) is 50.6. The van der Waals surface area contributed by atoms with Crippen molar-refractivity contribution in [2.24, 2.45) is 0 Å². The Labute approximate surface area is 583 Å². The quantitative estimate of drug-likeness (QED) is 0.00927. The van der Waals surface area contributed by atoms with Crippen LogP contribution in [-0.4, -0.2) is 148 Å². The fourth-order valence-electron chi connectivity index (χ4n) is 9.11. The van der Waals surface area contributed by atoms with Crippen molar-refractivity contribution in [2.45, 2.75) is 111 Å². The van der Waals surface area contributed by atoms with Crippen LogP contribution in [0.3, 0.4) is 0 Å². The third-order valence-corrected chi connectivity index (χ3v) is 15.1. The predicted molar refractivity (Wildman–Crippen MR) is 383 cm³/mol. The van der Waals surface area contributed by atoms with E-state index in [9.17, 15) is 34.0 Å². The van der Waals surface area contributed by atoms with Crippen molar-refractivity contribution in [3.8, 4) is 40.2 Å². The van der Waals surface area contributed by atoms with Crippen LogP contribution in [0, 0.1) is 13.8 Å². The van der Waals surface area contributed by atoms with Crippen molar-refractivity contribution in [3.63, 3.8) is 0 Å². The number of aryl methyl sites for hydroxylation is 5. The lowest BCUT2D eigenvalue weighted by molar-refractivity contribution is -0.168. The number of ether oxygens (including phenoxy) is 7. The Morgan fingerprint density at radius 3 is 1.12 bits per heavy atom. The van der Waals surface area contributed by atoms with Gasteiger partial charge in [-0.05, 0) is 92.3 Å². The number of rotatable bonds is 36. The molecule has 0 radical (unpaired) electrons. The number of carbonyl (C=O) groups excluding carboxylic acids is 6. The summed E-state index contributed by atoms with van der Waals surface area (Å²) in [6.45, 7) is 5.85. The van der Waals surface area contributed by atoms with Gasteiger partial charge in [0.1, 0.15) is 40.2 Å². The number of hydroxylamine groups is 7. The Morgan fingerprint density at radius 2 is 0.786 bits per heavy atom. The molecular formula is C70H105N7O19P2. The molecule has 10 N–H and O–H groups in total. The number of methoxy groups -OCH3 is 4. The number of amides is 6. The first kappa shape index (κ1) is 87.3. The topological polar surface area (TPSA) is 347 Å². The zero-order valence-electron chi connectivity index (χ0n) is 57.9. The molecule has 0 bridgehead atoms. The zero-order chi connectivity index (χ0) is 70.6. The molecule has 0 aliphatic heterocycles. The van der Waals surface area contributed by atoms with Gasteiger partial charge in [0.2, 0.25) is 35.4 Å². The summed E-state index contributed by atoms with van der Waals surface area (Å²) in [6, 6.07) is 40.1. The Kier molecular flexibility index (Phi) is 45.1. The molecule has 6 rings (SSSR count). The predicted octanol–water partition coefficient (Wildman–Crippen LogP) is 8.58. The van der Waals surface area contributed by atoms with E-state index in [2.05, 4.69) is 34.9 Å². The molecule has 6 amide bonds.